The quantitative estimate of drug-likeness (QED) is 0.776. The predicted molar refractivity (Wildman–Crippen MR) is 103 cm³/mol. The minimum absolute atomic E-state index is 0.169. The molecular weight excluding hydrogens is 328 g/mol. The van der Waals surface area contributed by atoms with Gasteiger partial charge >= 0.3 is 0 Å². The SMILES string of the molecule is COc1ccc(CNCCC(=O)N2c3ccccc3CC2C)cc1OC. The van der Waals surface area contributed by atoms with E-state index in [1.165, 1.54) is 5.56 Å². The van der Waals surface area contributed by atoms with Gasteiger partial charge in [0.05, 0.1) is 14.2 Å². The maximum Gasteiger partial charge on any atom is 0.228 e. The molecule has 0 aliphatic carbocycles. The van der Waals surface area contributed by atoms with Gasteiger partial charge in [-0.3, -0.25) is 4.79 Å². The first-order valence-corrected chi connectivity index (χ1v) is 8.95. The van der Waals surface area contributed by atoms with Crippen LogP contribution < -0.4 is 19.7 Å². The van der Waals surface area contributed by atoms with Crippen molar-refractivity contribution in [2.75, 3.05) is 25.7 Å². The van der Waals surface area contributed by atoms with Gasteiger partial charge in [0.25, 0.3) is 0 Å². The van der Waals surface area contributed by atoms with Crippen LogP contribution in [0.1, 0.15) is 24.5 Å². The Morgan fingerprint density at radius 3 is 2.69 bits per heavy atom. The number of nitrogens with zero attached hydrogens (tertiary/aromatic N) is 1. The van der Waals surface area contributed by atoms with Gasteiger partial charge in [0.1, 0.15) is 0 Å². The molecule has 0 aromatic heterocycles. The smallest absolute Gasteiger partial charge is 0.228 e. The summed E-state index contributed by atoms with van der Waals surface area (Å²) < 4.78 is 10.6. The maximum atomic E-state index is 12.7. The molecule has 0 radical (unpaired) electrons. The Balaban J connectivity index is 1.52. The topological polar surface area (TPSA) is 50.8 Å². The van der Waals surface area contributed by atoms with Gasteiger partial charge in [-0.05, 0) is 42.7 Å². The van der Waals surface area contributed by atoms with Crippen LogP contribution >= 0.6 is 0 Å². The largest absolute Gasteiger partial charge is 0.493 e. The van der Waals surface area contributed by atoms with Gasteiger partial charge in [0.2, 0.25) is 5.91 Å². The zero-order valence-electron chi connectivity index (χ0n) is 15.6. The third-order valence-corrected chi connectivity index (χ3v) is 4.77. The van der Waals surface area contributed by atoms with Crippen molar-refractivity contribution in [1.29, 1.82) is 0 Å². The van der Waals surface area contributed by atoms with E-state index in [0.29, 0.717) is 31.0 Å². The summed E-state index contributed by atoms with van der Waals surface area (Å²) in [6, 6.07) is 14.2. The number of anilines is 1. The van der Waals surface area contributed by atoms with Crippen molar-refractivity contribution in [2.45, 2.75) is 32.4 Å². The molecule has 1 N–H and O–H groups in total. The molecule has 0 spiro atoms. The normalized spacial score (nSPS) is 15.7. The fourth-order valence-electron chi connectivity index (χ4n) is 3.48. The van der Waals surface area contributed by atoms with Crippen molar-refractivity contribution in [3.8, 4) is 11.5 Å². The Kier molecular flexibility index (Phi) is 5.78. The van der Waals surface area contributed by atoms with Gasteiger partial charge in [-0.25, -0.2) is 0 Å². The first kappa shape index (κ1) is 18.3. The number of rotatable bonds is 7. The van der Waals surface area contributed by atoms with Crippen molar-refractivity contribution in [1.82, 2.24) is 5.32 Å². The molecule has 1 unspecified atom stereocenters. The molecule has 2 aromatic rings. The number of benzene rings is 2. The lowest BCUT2D eigenvalue weighted by Crippen LogP contribution is -2.37. The number of fused-ring (bicyclic) bond motifs is 1. The van der Waals surface area contributed by atoms with Crippen molar-refractivity contribution in [2.24, 2.45) is 0 Å². The number of ether oxygens (including phenoxy) is 2. The van der Waals surface area contributed by atoms with Crippen LogP contribution in [0.3, 0.4) is 0 Å². The summed E-state index contributed by atoms with van der Waals surface area (Å²) in [6.07, 6.45) is 1.41. The second-order valence-electron chi connectivity index (χ2n) is 6.56. The molecule has 0 bridgehead atoms. The summed E-state index contributed by atoms with van der Waals surface area (Å²) in [6.45, 7) is 3.42. The molecule has 2 aromatic carbocycles. The van der Waals surface area contributed by atoms with E-state index in [9.17, 15) is 4.79 Å². The van der Waals surface area contributed by atoms with Crippen molar-refractivity contribution in [3.63, 3.8) is 0 Å². The summed E-state index contributed by atoms with van der Waals surface area (Å²) in [5.41, 5.74) is 3.41. The summed E-state index contributed by atoms with van der Waals surface area (Å²) in [4.78, 5) is 14.6. The molecule has 1 aliphatic heterocycles. The van der Waals surface area contributed by atoms with E-state index in [0.717, 1.165) is 17.7 Å². The van der Waals surface area contributed by atoms with Crippen LogP contribution in [-0.4, -0.2) is 32.7 Å². The standard InChI is InChI=1S/C21H26N2O3/c1-15-12-17-6-4-5-7-18(17)23(15)21(24)10-11-22-14-16-8-9-19(25-2)20(13-16)26-3/h4-9,13,15,22H,10-12,14H2,1-3H3. The van der Waals surface area contributed by atoms with Crippen LogP contribution in [0.2, 0.25) is 0 Å². The van der Waals surface area contributed by atoms with Crippen LogP contribution in [0.5, 0.6) is 11.5 Å². The number of nitrogens with one attached hydrogen (secondary N) is 1. The van der Waals surface area contributed by atoms with E-state index in [1.807, 2.05) is 41.3 Å². The van der Waals surface area contributed by atoms with E-state index < -0.39 is 0 Å². The van der Waals surface area contributed by atoms with Crippen molar-refractivity contribution < 1.29 is 14.3 Å². The molecule has 1 heterocycles. The van der Waals surface area contributed by atoms with E-state index in [-0.39, 0.29) is 11.9 Å². The van der Waals surface area contributed by atoms with E-state index in [4.69, 9.17) is 9.47 Å². The minimum Gasteiger partial charge on any atom is -0.493 e. The molecule has 0 saturated heterocycles. The maximum absolute atomic E-state index is 12.7. The molecule has 138 valence electrons. The Morgan fingerprint density at radius 2 is 1.92 bits per heavy atom. The monoisotopic (exact) mass is 354 g/mol. The van der Waals surface area contributed by atoms with Gasteiger partial charge in [0.15, 0.2) is 11.5 Å². The second-order valence-corrected chi connectivity index (χ2v) is 6.56. The Hall–Kier alpha value is -2.53. The first-order valence-electron chi connectivity index (χ1n) is 8.95. The molecule has 1 atom stereocenters. The molecule has 1 amide bonds. The van der Waals surface area contributed by atoms with Crippen LogP contribution in [0.4, 0.5) is 5.69 Å². The molecule has 5 heteroatoms. The first-order chi connectivity index (χ1) is 12.6. The molecule has 26 heavy (non-hydrogen) atoms. The Bertz CT molecular complexity index is 776. The lowest BCUT2D eigenvalue weighted by Gasteiger charge is -2.22. The highest BCUT2D eigenvalue weighted by atomic mass is 16.5. The fourth-order valence-corrected chi connectivity index (χ4v) is 3.48. The fraction of sp³-hybridized carbons (Fsp3) is 0.381. The Labute approximate surface area is 154 Å². The van der Waals surface area contributed by atoms with E-state index >= 15 is 0 Å². The highest BCUT2D eigenvalue weighted by molar-refractivity contribution is 5.96. The number of para-hydroxylation sites is 1. The lowest BCUT2D eigenvalue weighted by molar-refractivity contribution is -0.118. The molecular formula is C21H26N2O3. The highest BCUT2D eigenvalue weighted by Gasteiger charge is 2.29. The highest BCUT2D eigenvalue weighted by Crippen LogP contribution is 2.32. The van der Waals surface area contributed by atoms with Gasteiger partial charge < -0.3 is 19.7 Å². The Morgan fingerprint density at radius 1 is 1.15 bits per heavy atom. The minimum atomic E-state index is 0.169. The van der Waals surface area contributed by atoms with Crippen molar-refractivity contribution in [3.05, 3.63) is 53.6 Å². The van der Waals surface area contributed by atoms with Gasteiger partial charge in [-0.2, -0.15) is 0 Å². The molecule has 1 aliphatic rings. The average Bonchev–Trinajstić information content (AvgIpc) is 3.00. The number of carbonyl (C=O) groups excluding carboxylic acids is 1. The number of hydrogen-bond acceptors (Lipinski definition) is 4. The van der Waals surface area contributed by atoms with Gasteiger partial charge in [-0.15, -0.1) is 0 Å². The third kappa shape index (κ3) is 3.83. The average molecular weight is 354 g/mol. The zero-order chi connectivity index (χ0) is 18.5. The summed E-state index contributed by atoms with van der Waals surface area (Å²) in [5.74, 6) is 1.60. The predicted octanol–water partition coefficient (Wildman–Crippen LogP) is 3.16. The third-order valence-electron chi connectivity index (χ3n) is 4.77. The number of amides is 1. The number of carbonyl (C=O) groups is 1. The summed E-state index contributed by atoms with van der Waals surface area (Å²) in [5, 5.41) is 3.34. The van der Waals surface area contributed by atoms with Crippen LogP contribution in [0.15, 0.2) is 42.5 Å². The lowest BCUT2D eigenvalue weighted by atomic mass is 10.1. The summed E-state index contributed by atoms with van der Waals surface area (Å²) in [7, 11) is 3.25. The molecule has 5 nitrogen and oxygen atoms in total. The summed E-state index contributed by atoms with van der Waals surface area (Å²) >= 11 is 0. The number of methoxy groups -OCH3 is 2. The van der Waals surface area contributed by atoms with Gasteiger partial charge in [0, 0.05) is 31.2 Å². The van der Waals surface area contributed by atoms with Crippen LogP contribution in [0, 0.1) is 0 Å². The molecule has 0 fully saturated rings. The van der Waals surface area contributed by atoms with Crippen molar-refractivity contribution >= 4 is 11.6 Å². The zero-order valence-corrected chi connectivity index (χ0v) is 15.6. The van der Waals surface area contributed by atoms with Crippen LogP contribution in [0.25, 0.3) is 0 Å². The van der Waals surface area contributed by atoms with Gasteiger partial charge in [-0.1, -0.05) is 24.3 Å². The molecule has 3 rings (SSSR count). The van der Waals surface area contributed by atoms with E-state index in [2.05, 4.69) is 18.3 Å². The van der Waals surface area contributed by atoms with Crippen LogP contribution in [-0.2, 0) is 17.8 Å². The second kappa shape index (κ2) is 8.23. The molecule has 0 saturated carbocycles. The number of hydrogen-bond donors (Lipinski definition) is 1. The van der Waals surface area contributed by atoms with E-state index in [1.54, 1.807) is 14.2 Å².